The number of aryl methyl sites for hydroxylation is 1. The summed E-state index contributed by atoms with van der Waals surface area (Å²) in [6, 6.07) is 13.7. The molecule has 0 radical (unpaired) electrons. The molecule has 0 fully saturated rings. The first-order valence-corrected chi connectivity index (χ1v) is 10.1. The molecule has 0 saturated heterocycles. The highest BCUT2D eigenvalue weighted by Gasteiger charge is 2.11. The number of amides is 1. The van der Waals surface area contributed by atoms with E-state index in [-0.39, 0.29) is 17.9 Å². The third-order valence-electron chi connectivity index (χ3n) is 3.69. The molecule has 0 aliphatic rings. The highest BCUT2D eigenvalue weighted by molar-refractivity contribution is 7.89. The van der Waals surface area contributed by atoms with E-state index in [1.807, 2.05) is 31.2 Å². The first kappa shape index (κ1) is 19.7. The zero-order chi connectivity index (χ0) is 19.2. The summed E-state index contributed by atoms with van der Waals surface area (Å²) in [4.78, 5) is 23.8. The number of carbonyl (C=O) groups excluding carboxylic acids is 2. The standard InChI is InChI=1S/C19H21NO5S/c1-14-5-3-4-6-17(14)11-20-18(21)12-25-19(22)16-9-7-15(8-10-16)13-26(2,23)24/h3-10H,11-13H2,1-2H3,(H,20,21). The summed E-state index contributed by atoms with van der Waals surface area (Å²) in [6.07, 6.45) is 1.14. The molecule has 6 nitrogen and oxygen atoms in total. The molecule has 0 aliphatic carbocycles. The van der Waals surface area contributed by atoms with E-state index < -0.39 is 21.7 Å². The van der Waals surface area contributed by atoms with Gasteiger partial charge in [-0.2, -0.15) is 0 Å². The van der Waals surface area contributed by atoms with Gasteiger partial charge >= 0.3 is 5.97 Å². The Morgan fingerprint density at radius 3 is 2.31 bits per heavy atom. The predicted octanol–water partition coefficient (Wildman–Crippen LogP) is 2.01. The van der Waals surface area contributed by atoms with Crippen LogP contribution < -0.4 is 5.32 Å². The van der Waals surface area contributed by atoms with Crippen molar-refractivity contribution in [2.24, 2.45) is 0 Å². The highest BCUT2D eigenvalue weighted by Crippen LogP contribution is 2.09. The van der Waals surface area contributed by atoms with E-state index in [2.05, 4.69) is 5.32 Å². The van der Waals surface area contributed by atoms with Crippen LogP contribution in [0.2, 0.25) is 0 Å². The molecule has 7 heteroatoms. The van der Waals surface area contributed by atoms with Crippen LogP contribution in [0.4, 0.5) is 0 Å². The van der Waals surface area contributed by atoms with Gasteiger partial charge in [-0.1, -0.05) is 36.4 Å². The second-order valence-corrected chi connectivity index (χ2v) is 8.19. The molecule has 2 rings (SSSR count). The second kappa shape index (κ2) is 8.62. The molecule has 138 valence electrons. The Hall–Kier alpha value is -2.67. The Morgan fingerprint density at radius 1 is 1.04 bits per heavy atom. The molecular formula is C19H21NO5S. The van der Waals surface area contributed by atoms with Crippen molar-refractivity contribution in [3.05, 3.63) is 70.8 Å². The number of nitrogens with one attached hydrogen (secondary N) is 1. The molecule has 0 aliphatic heterocycles. The average Bonchev–Trinajstić information content (AvgIpc) is 2.58. The van der Waals surface area contributed by atoms with E-state index in [1.54, 1.807) is 12.1 Å². The highest BCUT2D eigenvalue weighted by atomic mass is 32.2. The number of sulfone groups is 1. The van der Waals surface area contributed by atoms with Crippen LogP contribution in [-0.2, 0) is 31.7 Å². The third kappa shape index (κ3) is 6.33. The lowest BCUT2D eigenvalue weighted by molar-refractivity contribution is -0.124. The Bertz CT molecular complexity index is 888. The summed E-state index contributed by atoms with van der Waals surface area (Å²) in [5, 5.41) is 2.70. The van der Waals surface area contributed by atoms with Crippen LogP contribution in [0, 0.1) is 6.92 Å². The minimum absolute atomic E-state index is 0.0936. The van der Waals surface area contributed by atoms with Crippen LogP contribution >= 0.6 is 0 Å². The molecule has 1 N–H and O–H groups in total. The molecular weight excluding hydrogens is 354 g/mol. The second-order valence-electron chi connectivity index (χ2n) is 6.05. The molecule has 0 bridgehead atoms. The predicted molar refractivity (Wildman–Crippen MR) is 98.3 cm³/mol. The Morgan fingerprint density at radius 2 is 1.69 bits per heavy atom. The topological polar surface area (TPSA) is 89.5 Å². The molecule has 1 amide bonds. The smallest absolute Gasteiger partial charge is 0.338 e. The first-order valence-electron chi connectivity index (χ1n) is 7.99. The molecule has 2 aromatic carbocycles. The summed E-state index contributed by atoms with van der Waals surface area (Å²) < 4.78 is 27.5. The van der Waals surface area contributed by atoms with Gasteiger partial charge in [0, 0.05) is 12.8 Å². The fraction of sp³-hybridized carbons (Fsp3) is 0.263. The lowest BCUT2D eigenvalue weighted by Gasteiger charge is -2.09. The van der Waals surface area contributed by atoms with Gasteiger partial charge in [-0.15, -0.1) is 0 Å². The Labute approximate surface area is 153 Å². The fourth-order valence-electron chi connectivity index (χ4n) is 2.31. The maximum atomic E-state index is 12.0. The summed E-state index contributed by atoms with van der Waals surface area (Å²) in [5.74, 6) is -1.12. The molecule has 0 saturated carbocycles. The number of rotatable bonds is 7. The fourth-order valence-corrected chi connectivity index (χ4v) is 3.11. The van der Waals surface area contributed by atoms with Gasteiger partial charge in [0.05, 0.1) is 11.3 Å². The number of hydrogen-bond donors (Lipinski definition) is 1. The summed E-state index contributed by atoms with van der Waals surface area (Å²) in [7, 11) is -3.13. The van der Waals surface area contributed by atoms with Crippen LogP contribution in [0.15, 0.2) is 48.5 Å². The summed E-state index contributed by atoms with van der Waals surface area (Å²) in [5.41, 5.74) is 2.90. The maximum Gasteiger partial charge on any atom is 0.338 e. The Kier molecular flexibility index (Phi) is 6.52. The van der Waals surface area contributed by atoms with E-state index in [1.165, 1.54) is 12.1 Å². The van der Waals surface area contributed by atoms with Crippen molar-refractivity contribution in [1.82, 2.24) is 5.32 Å². The van der Waals surface area contributed by atoms with Crippen molar-refractivity contribution in [1.29, 1.82) is 0 Å². The number of benzene rings is 2. The van der Waals surface area contributed by atoms with Crippen LogP contribution in [0.5, 0.6) is 0 Å². The van der Waals surface area contributed by atoms with Gasteiger partial charge < -0.3 is 10.1 Å². The minimum atomic E-state index is -3.13. The molecule has 0 unspecified atom stereocenters. The van der Waals surface area contributed by atoms with Crippen molar-refractivity contribution in [2.45, 2.75) is 19.2 Å². The van der Waals surface area contributed by atoms with Crippen molar-refractivity contribution in [3.8, 4) is 0 Å². The van der Waals surface area contributed by atoms with Gasteiger partial charge in [-0.25, -0.2) is 13.2 Å². The normalized spacial score (nSPS) is 11.0. The van der Waals surface area contributed by atoms with E-state index in [0.717, 1.165) is 17.4 Å². The Balaban J connectivity index is 1.82. The van der Waals surface area contributed by atoms with Crippen molar-refractivity contribution in [2.75, 3.05) is 12.9 Å². The van der Waals surface area contributed by atoms with Crippen LogP contribution in [-0.4, -0.2) is 33.2 Å². The van der Waals surface area contributed by atoms with Gasteiger partial charge in [-0.3, -0.25) is 4.79 Å². The number of esters is 1. The van der Waals surface area contributed by atoms with Crippen molar-refractivity contribution < 1.29 is 22.7 Å². The quantitative estimate of drug-likeness (QED) is 0.748. The molecule has 26 heavy (non-hydrogen) atoms. The van der Waals surface area contributed by atoms with Gasteiger partial charge in [0.2, 0.25) is 0 Å². The van der Waals surface area contributed by atoms with E-state index in [4.69, 9.17) is 4.74 Å². The van der Waals surface area contributed by atoms with Crippen LogP contribution in [0.1, 0.15) is 27.0 Å². The van der Waals surface area contributed by atoms with Gasteiger partial charge in [0.25, 0.3) is 5.91 Å². The molecule has 0 spiro atoms. The van der Waals surface area contributed by atoms with E-state index in [9.17, 15) is 18.0 Å². The lowest BCUT2D eigenvalue weighted by atomic mass is 10.1. The zero-order valence-corrected chi connectivity index (χ0v) is 15.5. The average molecular weight is 375 g/mol. The molecule has 0 heterocycles. The van der Waals surface area contributed by atoms with E-state index >= 15 is 0 Å². The lowest BCUT2D eigenvalue weighted by Crippen LogP contribution is -2.28. The largest absolute Gasteiger partial charge is 0.452 e. The molecule has 0 atom stereocenters. The van der Waals surface area contributed by atoms with Crippen molar-refractivity contribution >= 4 is 21.7 Å². The minimum Gasteiger partial charge on any atom is -0.452 e. The number of hydrogen-bond acceptors (Lipinski definition) is 5. The molecule has 2 aromatic rings. The van der Waals surface area contributed by atoms with Crippen molar-refractivity contribution in [3.63, 3.8) is 0 Å². The van der Waals surface area contributed by atoms with Gasteiger partial charge in [0.1, 0.15) is 0 Å². The number of carbonyl (C=O) groups is 2. The van der Waals surface area contributed by atoms with Crippen LogP contribution in [0.25, 0.3) is 0 Å². The zero-order valence-electron chi connectivity index (χ0n) is 14.7. The first-order chi connectivity index (χ1) is 12.2. The summed E-state index contributed by atoms with van der Waals surface area (Å²) in [6.45, 7) is 1.94. The van der Waals surface area contributed by atoms with Crippen LogP contribution in [0.3, 0.4) is 0 Å². The van der Waals surface area contributed by atoms with Gasteiger partial charge in [0.15, 0.2) is 16.4 Å². The third-order valence-corrected chi connectivity index (χ3v) is 4.55. The monoisotopic (exact) mass is 375 g/mol. The SMILES string of the molecule is Cc1ccccc1CNC(=O)COC(=O)c1ccc(CS(C)(=O)=O)cc1. The summed E-state index contributed by atoms with van der Waals surface area (Å²) >= 11 is 0. The number of ether oxygens (including phenoxy) is 1. The van der Waals surface area contributed by atoms with Gasteiger partial charge in [-0.05, 0) is 35.7 Å². The maximum absolute atomic E-state index is 12.0. The molecule has 0 aromatic heterocycles. The van der Waals surface area contributed by atoms with E-state index in [0.29, 0.717) is 12.1 Å².